The molecule has 0 aliphatic carbocycles. The standard InChI is InChI=1S/C15H18N4O3S/c20-15(12-3-4-17-22-12)18-10-8-19(9-13-16-5-7-23-13)11-2-1-6-21-14(10)11/h3-5,7,10-11,14H,1-2,6,8-9H2,(H,18,20)/t10-,11+,14+/m1/s1. The zero-order chi connectivity index (χ0) is 15.6. The molecule has 2 saturated heterocycles. The average molecular weight is 334 g/mol. The van der Waals surface area contributed by atoms with Gasteiger partial charge in [0.15, 0.2) is 0 Å². The first-order valence-electron chi connectivity index (χ1n) is 7.77. The molecular formula is C15H18N4O3S. The minimum absolute atomic E-state index is 0.0237. The Morgan fingerprint density at radius 1 is 1.48 bits per heavy atom. The predicted molar refractivity (Wildman–Crippen MR) is 83.0 cm³/mol. The number of nitrogens with zero attached hydrogens (tertiary/aromatic N) is 3. The van der Waals surface area contributed by atoms with Gasteiger partial charge in [-0.3, -0.25) is 9.69 Å². The SMILES string of the molecule is O=C(N[C@@H]1CN(Cc2nccs2)[C@H]2CCCO[C@@H]12)c1ccno1. The van der Waals surface area contributed by atoms with Crippen molar-refractivity contribution in [1.29, 1.82) is 0 Å². The molecule has 1 amide bonds. The fourth-order valence-electron chi connectivity index (χ4n) is 3.44. The molecule has 2 aliphatic rings. The summed E-state index contributed by atoms with van der Waals surface area (Å²) in [6.07, 6.45) is 5.46. The summed E-state index contributed by atoms with van der Waals surface area (Å²) in [7, 11) is 0. The lowest BCUT2D eigenvalue weighted by Gasteiger charge is -2.32. The van der Waals surface area contributed by atoms with Gasteiger partial charge in [0.2, 0.25) is 5.76 Å². The fraction of sp³-hybridized carbons (Fsp3) is 0.533. The topological polar surface area (TPSA) is 80.5 Å². The smallest absolute Gasteiger partial charge is 0.290 e. The van der Waals surface area contributed by atoms with E-state index in [2.05, 4.69) is 20.4 Å². The van der Waals surface area contributed by atoms with Crippen LogP contribution in [0.4, 0.5) is 0 Å². The quantitative estimate of drug-likeness (QED) is 0.907. The molecule has 4 heterocycles. The maximum atomic E-state index is 12.2. The second-order valence-corrected chi connectivity index (χ2v) is 6.84. The summed E-state index contributed by atoms with van der Waals surface area (Å²) in [6, 6.07) is 1.85. The highest BCUT2D eigenvalue weighted by Gasteiger charge is 2.44. The number of thiazole rings is 1. The van der Waals surface area contributed by atoms with Gasteiger partial charge in [-0.05, 0) is 12.8 Å². The van der Waals surface area contributed by atoms with Gasteiger partial charge in [-0.1, -0.05) is 5.16 Å². The lowest BCUT2D eigenvalue weighted by molar-refractivity contribution is -0.0212. The second-order valence-electron chi connectivity index (χ2n) is 5.86. The third-order valence-electron chi connectivity index (χ3n) is 4.43. The molecule has 0 saturated carbocycles. The maximum absolute atomic E-state index is 12.2. The molecule has 2 fully saturated rings. The van der Waals surface area contributed by atoms with Gasteiger partial charge in [0, 0.05) is 36.8 Å². The highest BCUT2D eigenvalue weighted by atomic mass is 32.1. The Morgan fingerprint density at radius 3 is 3.22 bits per heavy atom. The van der Waals surface area contributed by atoms with Crippen molar-refractivity contribution < 1.29 is 14.1 Å². The van der Waals surface area contributed by atoms with Gasteiger partial charge in [0.1, 0.15) is 5.01 Å². The molecule has 3 atom stereocenters. The summed E-state index contributed by atoms with van der Waals surface area (Å²) in [5.74, 6) is -0.00717. The third kappa shape index (κ3) is 3.01. The summed E-state index contributed by atoms with van der Waals surface area (Å²) in [4.78, 5) is 19.0. The normalized spacial score (nSPS) is 27.7. The van der Waals surface area contributed by atoms with Crippen molar-refractivity contribution in [2.45, 2.75) is 37.6 Å². The van der Waals surface area contributed by atoms with E-state index < -0.39 is 0 Å². The molecule has 7 nitrogen and oxygen atoms in total. The number of nitrogens with one attached hydrogen (secondary N) is 1. The van der Waals surface area contributed by atoms with E-state index in [0.29, 0.717) is 6.04 Å². The molecule has 0 bridgehead atoms. The molecular weight excluding hydrogens is 316 g/mol. The molecule has 2 aromatic rings. The average Bonchev–Trinajstić information content (AvgIpc) is 3.30. The van der Waals surface area contributed by atoms with Crippen LogP contribution < -0.4 is 5.32 Å². The molecule has 8 heteroatoms. The van der Waals surface area contributed by atoms with Crippen molar-refractivity contribution in [3.8, 4) is 0 Å². The Bertz CT molecular complexity index is 646. The van der Waals surface area contributed by atoms with E-state index in [1.807, 2.05) is 11.6 Å². The van der Waals surface area contributed by atoms with Crippen molar-refractivity contribution in [3.63, 3.8) is 0 Å². The number of hydrogen-bond acceptors (Lipinski definition) is 7. The van der Waals surface area contributed by atoms with E-state index >= 15 is 0 Å². The number of hydrogen-bond donors (Lipinski definition) is 1. The monoisotopic (exact) mass is 334 g/mol. The summed E-state index contributed by atoms with van der Waals surface area (Å²) in [6.45, 7) is 2.31. The molecule has 1 N–H and O–H groups in total. The van der Waals surface area contributed by atoms with Crippen molar-refractivity contribution in [2.24, 2.45) is 0 Å². The second kappa shape index (κ2) is 6.38. The van der Waals surface area contributed by atoms with Crippen molar-refractivity contribution in [3.05, 3.63) is 34.6 Å². The molecule has 0 radical (unpaired) electrons. The number of amides is 1. The van der Waals surface area contributed by atoms with E-state index in [1.165, 1.54) is 6.20 Å². The Hall–Kier alpha value is -1.77. The van der Waals surface area contributed by atoms with Crippen molar-refractivity contribution in [2.75, 3.05) is 13.2 Å². The number of aromatic nitrogens is 2. The molecule has 0 unspecified atom stereocenters. The van der Waals surface area contributed by atoms with E-state index in [1.54, 1.807) is 17.4 Å². The molecule has 4 rings (SSSR count). The van der Waals surface area contributed by atoms with Crippen LogP contribution in [0.15, 0.2) is 28.4 Å². The highest BCUT2D eigenvalue weighted by Crippen LogP contribution is 2.30. The van der Waals surface area contributed by atoms with Gasteiger partial charge >= 0.3 is 0 Å². The predicted octanol–water partition coefficient (Wildman–Crippen LogP) is 1.29. The fourth-order valence-corrected chi connectivity index (χ4v) is 4.08. The zero-order valence-corrected chi connectivity index (χ0v) is 13.4. The summed E-state index contributed by atoms with van der Waals surface area (Å²) in [5, 5.41) is 9.70. The number of rotatable bonds is 4. The van der Waals surface area contributed by atoms with Crippen LogP contribution in [0.2, 0.25) is 0 Å². The van der Waals surface area contributed by atoms with Crippen LogP contribution in [0.25, 0.3) is 0 Å². The van der Waals surface area contributed by atoms with Gasteiger partial charge in [-0.25, -0.2) is 4.98 Å². The number of carbonyl (C=O) groups is 1. The van der Waals surface area contributed by atoms with Crippen LogP contribution in [-0.2, 0) is 11.3 Å². The van der Waals surface area contributed by atoms with Gasteiger partial charge in [0.25, 0.3) is 5.91 Å². The number of fused-ring (bicyclic) bond motifs is 1. The highest BCUT2D eigenvalue weighted by molar-refractivity contribution is 7.09. The number of ether oxygens (including phenoxy) is 1. The Balaban J connectivity index is 1.47. The lowest BCUT2D eigenvalue weighted by atomic mass is 10.0. The minimum Gasteiger partial charge on any atom is -0.374 e. The third-order valence-corrected chi connectivity index (χ3v) is 5.19. The van der Waals surface area contributed by atoms with Gasteiger partial charge in [0.05, 0.1) is 24.9 Å². The van der Waals surface area contributed by atoms with Crippen molar-refractivity contribution in [1.82, 2.24) is 20.4 Å². The van der Waals surface area contributed by atoms with Crippen LogP contribution in [-0.4, -0.2) is 52.3 Å². The Kier molecular flexibility index (Phi) is 4.11. The van der Waals surface area contributed by atoms with Gasteiger partial charge in [-0.15, -0.1) is 11.3 Å². The largest absolute Gasteiger partial charge is 0.374 e. The van der Waals surface area contributed by atoms with Crippen LogP contribution in [0, 0.1) is 0 Å². The van der Waals surface area contributed by atoms with Gasteiger partial charge in [-0.2, -0.15) is 0 Å². The Morgan fingerprint density at radius 2 is 2.43 bits per heavy atom. The molecule has 0 aromatic carbocycles. The van der Waals surface area contributed by atoms with Gasteiger partial charge < -0.3 is 14.6 Å². The summed E-state index contributed by atoms with van der Waals surface area (Å²) >= 11 is 1.66. The van der Waals surface area contributed by atoms with E-state index in [0.717, 1.165) is 37.5 Å². The van der Waals surface area contributed by atoms with Crippen LogP contribution >= 0.6 is 11.3 Å². The Labute approximate surface area is 137 Å². The zero-order valence-electron chi connectivity index (χ0n) is 12.6. The van der Waals surface area contributed by atoms with E-state index in [4.69, 9.17) is 9.26 Å². The van der Waals surface area contributed by atoms with E-state index in [-0.39, 0.29) is 23.8 Å². The molecule has 122 valence electrons. The minimum atomic E-state index is -0.239. The van der Waals surface area contributed by atoms with Crippen LogP contribution in [0.3, 0.4) is 0 Å². The van der Waals surface area contributed by atoms with Crippen LogP contribution in [0.5, 0.6) is 0 Å². The lowest BCUT2D eigenvalue weighted by Crippen LogP contribution is -2.47. The molecule has 2 aromatic heterocycles. The molecule has 23 heavy (non-hydrogen) atoms. The maximum Gasteiger partial charge on any atom is 0.290 e. The molecule has 0 spiro atoms. The number of carbonyl (C=O) groups excluding carboxylic acids is 1. The summed E-state index contributed by atoms with van der Waals surface area (Å²) in [5.41, 5.74) is 0. The summed E-state index contributed by atoms with van der Waals surface area (Å²) < 4.78 is 10.9. The molecule has 2 aliphatic heterocycles. The van der Waals surface area contributed by atoms with Crippen LogP contribution in [0.1, 0.15) is 28.4 Å². The first kappa shape index (κ1) is 14.8. The first-order chi connectivity index (χ1) is 11.3. The first-order valence-corrected chi connectivity index (χ1v) is 8.65. The number of likely N-dealkylation sites (tertiary alicyclic amines) is 1. The van der Waals surface area contributed by atoms with Crippen molar-refractivity contribution >= 4 is 17.2 Å². The van der Waals surface area contributed by atoms with E-state index in [9.17, 15) is 4.79 Å².